The quantitative estimate of drug-likeness (QED) is 0.692. The van der Waals surface area contributed by atoms with Gasteiger partial charge in [-0.3, -0.25) is 4.79 Å². The number of hydrogen-bond donors (Lipinski definition) is 2. The minimum Gasteiger partial charge on any atom is -0.497 e. The summed E-state index contributed by atoms with van der Waals surface area (Å²) >= 11 is 0. The van der Waals surface area contributed by atoms with Crippen LogP contribution in [0.3, 0.4) is 0 Å². The number of aryl methyl sites for hydroxylation is 2. The number of carbonyl (C=O) groups excluding carboxylic acids is 1. The highest BCUT2D eigenvalue weighted by Crippen LogP contribution is 2.23. The predicted molar refractivity (Wildman–Crippen MR) is 107 cm³/mol. The lowest BCUT2D eigenvalue weighted by atomic mass is 10.1. The van der Waals surface area contributed by atoms with E-state index in [1.54, 1.807) is 19.2 Å². The summed E-state index contributed by atoms with van der Waals surface area (Å²) in [6.07, 6.45) is 0.258. The SMILES string of the molecule is COc1ccc(CC(=O)Nc2ccc(Nc3c(C)cccc3C)nn2)cc1. The monoisotopic (exact) mass is 362 g/mol. The largest absolute Gasteiger partial charge is 0.497 e. The van der Waals surface area contributed by atoms with Gasteiger partial charge in [0.2, 0.25) is 5.91 Å². The molecular formula is C21H22N4O2. The number of hydrogen-bond acceptors (Lipinski definition) is 5. The molecule has 1 aromatic heterocycles. The molecule has 2 aromatic carbocycles. The van der Waals surface area contributed by atoms with Crippen molar-refractivity contribution in [3.8, 4) is 5.75 Å². The average Bonchev–Trinajstić information content (AvgIpc) is 2.67. The molecule has 0 saturated heterocycles. The number of nitrogens with zero attached hydrogens (tertiary/aromatic N) is 2. The Kier molecular flexibility index (Phi) is 5.66. The molecule has 0 unspecified atom stereocenters. The Morgan fingerprint density at radius 2 is 1.56 bits per heavy atom. The zero-order valence-electron chi connectivity index (χ0n) is 15.6. The van der Waals surface area contributed by atoms with Crippen molar-refractivity contribution < 1.29 is 9.53 Å². The van der Waals surface area contributed by atoms with Crippen molar-refractivity contribution in [2.75, 3.05) is 17.7 Å². The Morgan fingerprint density at radius 1 is 0.926 bits per heavy atom. The number of methoxy groups -OCH3 is 1. The standard InChI is InChI=1S/C21H22N4O2/c1-14-5-4-6-15(2)21(14)23-19-12-11-18(24-25-19)22-20(26)13-16-7-9-17(27-3)10-8-16/h4-12H,13H2,1-3H3,(H,23,25)(H,22,24,26). The summed E-state index contributed by atoms with van der Waals surface area (Å²) in [7, 11) is 1.61. The van der Waals surface area contributed by atoms with E-state index in [1.165, 1.54) is 0 Å². The van der Waals surface area contributed by atoms with E-state index in [0.29, 0.717) is 11.6 Å². The van der Waals surface area contributed by atoms with Gasteiger partial charge in [0.05, 0.1) is 13.5 Å². The third kappa shape index (κ3) is 4.82. The van der Waals surface area contributed by atoms with Crippen LogP contribution >= 0.6 is 0 Å². The normalized spacial score (nSPS) is 10.3. The van der Waals surface area contributed by atoms with Crippen LogP contribution in [0.2, 0.25) is 0 Å². The lowest BCUT2D eigenvalue weighted by Gasteiger charge is -2.11. The van der Waals surface area contributed by atoms with Crippen molar-refractivity contribution >= 4 is 23.2 Å². The molecule has 0 saturated carbocycles. The van der Waals surface area contributed by atoms with Gasteiger partial charge in [0, 0.05) is 5.69 Å². The fraction of sp³-hybridized carbons (Fsp3) is 0.190. The van der Waals surface area contributed by atoms with Crippen LogP contribution in [-0.2, 0) is 11.2 Å². The van der Waals surface area contributed by atoms with Crippen molar-refractivity contribution in [2.24, 2.45) is 0 Å². The van der Waals surface area contributed by atoms with E-state index in [-0.39, 0.29) is 12.3 Å². The number of para-hydroxylation sites is 1. The number of benzene rings is 2. The summed E-state index contributed by atoms with van der Waals surface area (Å²) in [5.74, 6) is 1.66. The van der Waals surface area contributed by atoms with Gasteiger partial charge in [0.1, 0.15) is 5.75 Å². The summed E-state index contributed by atoms with van der Waals surface area (Å²) in [5.41, 5.74) is 4.18. The molecule has 0 bridgehead atoms. The number of anilines is 3. The Hall–Kier alpha value is -3.41. The zero-order valence-corrected chi connectivity index (χ0v) is 15.6. The Labute approximate surface area is 158 Å². The van der Waals surface area contributed by atoms with Crippen LogP contribution in [-0.4, -0.2) is 23.2 Å². The minimum atomic E-state index is -0.148. The molecule has 0 aliphatic rings. The predicted octanol–water partition coefficient (Wildman–Crippen LogP) is 4.03. The van der Waals surface area contributed by atoms with E-state index in [1.807, 2.05) is 56.3 Å². The third-order valence-electron chi connectivity index (χ3n) is 4.19. The highest BCUT2D eigenvalue weighted by atomic mass is 16.5. The molecule has 6 nitrogen and oxygen atoms in total. The summed E-state index contributed by atoms with van der Waals surface area (Å²) < 4.78 is 5.11. The Balaban J connectivity index is 1.60. The van der Waals surface area contributed by atoms with Crippen molar-refractivity contribution in [3.63, 3.8) is 0 Å². The Morgan fingerprint density at radius 3 is 2.15 bits per heavy atom. The van der Waals surface area contributed by atoms with Crippen LogP contribution in [0.15, 0.2) is 54.6 Å². The second-order valence-electron chi connectivity index (χ2n) is 6.27. The van der Waals surface area contributed by atoms with Crippen LogP contribution in [0.4, 0.5) is 17.3 Å². The van der Waals surface area contributed by atoms with E-state index >= 15 is 0 Å². The minimum absolute atomic E-state index is 0.148. The van der Waals surface area contributed by atoms with Gasteiger partial charge in [-0.15, -0.1) is 10.2 Å². The van der Waals surface area contributed by atoms with Gasteiger partial charge in [0.15, 0.2) is 11.6 Å². The first-order valence-corrected chi connectivity index (χ1v) is 8.65. The first-order valence-electron chi connectivity index (χ1n) is 8.65. The van der Waals surface area contributed by atoms with Gasteiger partial charge in [-0.05, 0) is 54.8 Å². The van der Waals surface area contributed by atoms with Crippen molar-refractivity contribution in [1.29, 1.82) is 0 Å². The van der Waals surface area contributed by atoms with E-state index in [0.717, 1.165) is 28.1 Å². The number of ether oxygens (including phenoxy) is 1. The molecule has 3 aromatic rings. The van der Waals surface area contributed by atoms with E-state index in [2.05, 4.69) is 20.8 Å². The fourth-order valence-corrected chi connectivity index (χ4v) is 2.72. The topological polar surface area (TPSA) is 76.1 Å². The van der Waals surface area contributed by atoms with Crippen LogP contribution < -0.4 is 15.4 Å². The van der Waals surface area contributed by atoms with E-state index < -0.39 is 0 Å². The number of carbonyl (C=O) groups is 1. The van der Waals surface area contributed by atoms with Crippen molar-refractivity contribution in [3.05, 3.63) is 71.3 Å². The summed E-state index contributed by atoms with van der Waals surface area (Å²) in [6, 6.07) is 17.0. The third-order valence-corrected chi connectivity index (χ3v) is 4.19. The number of amides is 1. The van der Waals surface area contributed by atoms with Crippen LogP contribution in [0.1, 0.15) is 16.7 Å². The molecule has 0 radical (unpaired) electrons. The summed E-state index contributed by atoms with van der Waals surface area (Å²) in [4.78, 5) is 12.2. The van der Waals surface area contributed by atoms with Gasteiger partial charge < -0.3 is 15.4 Å². The first kappa shape index (κ1) is 18.4. The smallest absolute Gasteiger partial charge is 0.229 e. The van der Waals surface area contributed by atoms with E-state index in [9.17, 15) is 4.79 Å². The molecule has 0 spiro atoms. The highest BCUT2D eigenvalue weighted by molar-refractivity contribution is 5.91. The van der Waals surface area contributed by atoms with Crippen LogP contribution in [0, 0.1) is 13.8 Å². The maximum atomic E-state index is 12.2. The molecule has 1 heterocycles. The molecular weight excluding hydrogens is 340 g/mol. The molecule has 0 fully saturated rings. The van der Waals surface area contributed by atoms with Gasteiger partial charge >= 0.3 is 0 Å². The lowest BCUT2D eigenvalue weighted by molar-refractivity contribution is -0.115. The highest BCUT2D eigenvalue weighted by Gasteiger charge is 2.07. The fourth-order valence-electron chi connectivity index (χ4n) is 2.72. The van der Waals surface area contributed by atoms with E-state index in [4.69, 9.17) is 4.74 Å². The first-order chi connectivity index (χ1) is 13.0. The molecule has 0 aliphatic carbocycles. The van der Waals surface area contributed by atoms with Gasteiger partial charge in [-0.1, -0.05) is 30.3 Å². The van der Waals surface area contributed by atoms with Gasteiger partial charge in [-0.2, -0.15) is 0 Å². The second kappa shape index (κ2) is 8.31. The molecule has 3 rings (SSSR count). The molecule has 0 aliphatic heterocycles. The molecule has 6 heteroatoms. The average molecular weight is 362 g/mol. The maximum absolute atomic E-state index is 12.2. The van der Waals surface area contributed by atoms with Crippen molar-refractivity contribution in [1.82, 2.24) is 10.2 Å². The van der Waals surface area contributed by atoms with Gasteiger partial charge in [0.25, 0.3) is 0 Å². The van der Waals surface area contributed by atoms with Crippen molar-refractivity contribution in [2.45, 2.75) is 20.3 Å². The maximum Gasteiger partial charge on any atom is 0.229 e. The molecule has 27 heavy (non-hydrogen) atoms. The number of aromatic nitrogens is 2. The molecule has 2 N–H and O–H groups in total. The molecule has 138 valence electrons. The second-order valence-corrected chi connectivity index (χ2v) is 6.27. The molecule has 1 amide bonds. The number of rotatable bonds is 6. The van der Waals surface area contributed by atoms with Crippen LogP contribution in [0.5, 0.6) is 5.75 Å². The summed E-state index contributed by atoms with van der Waals surface area (Å²) in [6.45, 7) is 4.08. The number of nitrogens with one attached hydrogen (secondary N) is 2. The van der Waals surface area contributed by atoms with Crippen LogP contribution in [0.25, 0.3) is 0 Å². The zero-order chi connectivity index (χ0) is 19.2. The molecule has 0 atom stereocenters. The summed E-state index contributed by atoms with van der Waals surface area (Å²) in [5, 5.41) is 14.3. The Bertz CT molecular complexity index is 902. The van der Waals surface area contributed by atoms with Gasteiger partial charge in [-0.25, -0.2) is 0 Å². The lowest BCUT2D eigenvalue weighted by Crippen LogP contribution is -2.15.